The Morgan fingerprint density at radius 3 is 2.67 bits per heavy atom. The van der Waals surface area contributed by atoms with Gasteiger partial charge in [-0.1, -0.05) is 0 Å². The van der Waals surface area contributed by atoms with E-state index in [0.717, 1.165) is 11.3 Å². The Kier molecular flexibility index (Phi) is 2.44. The molecule has 0 aliphatic rings. The van der Waals surface area contributed by atoms with E-state index in [9.17, 15) is 8.42 Å². The minimum Gasteiger partial charge on any atom is -0.257 e. The molecule has 0 aromatic carbocycles. The van der Waals surface area contributed by atoms with Crippen LogP contribution in [-0.4, -0.2) is 8.42 Å². The van der Waals surface area contributed by atoms with E-state index in [1.807, 2.05) is 6.07 Å². The molecule has 0 saturated heterocycles. The van der Waals surface area contributed by atoms with Gasteiger partial charge in [-0.2, -0.15) is 5.26 Å². The average molecular weight is 203 g/mol. The molecule has 0 bridgehead atoms. The lowest BCUT2D eigenvalue weighted by molar-refractivity contribution is 0.586. The number of rotatable bonds is 2. The number of hydrogen-bond donors (Lipinski definition) is 2. The molecule has 12 heavy (non-hydrogen) atoms. The topological polar surface area (TPSA) is 96.0 Å². The Morgan fingerprint density at radius 1 is 1.58 bits per heavy atom. The molecule has 0 amide bonds. The quantitative estimate of drug-likeness (QED) is 0.512. The van der Waals surface area contributed by atoms with Crippen molar-refractivity contribution >= 4 is 21.4 Å². The van der Waals surface area contributed by atoms with Crippen LogP contribution in [0.4, 0.5) is 0 Å². The van der Waals surface area contributed by atoms with Gasteiger partial charge >= 0.3 is 0 Å². The predicted molar refractivity (Wildman–Crippen MR) is 43.5 cm³/mol. The number of nitriles is 1. The summed E-state index contributed by atoms with van der Waals surface area (Å²) in [6.45, 7) is 0. The van der Waals surface area contributed by atoms with Crippen molar-refractivity contribution in [1.29, 1.82) is 5.26 Å². The van der Waals surface area contributed by atoms with Crippen LogP contribution in [-0.2, 0) is 10.0 Å². The number of hydrazine groups is 1. The molecule has 1 heterocycles. The lowest BCUT2D eigenvalue weighted by atomic mass is 10.5. The Labute approximate surface area is 73.4 Å². The molecule has 0 saturated carbocycles. The molecule has 3 N–H and O–H groups in total. The molecule has 0 aliphatic carbocycles. The van der Waals surface area contributed by atoms with Crippen molar-refractivity contribution < 1.29 is 8.42 Å². The second-order valence-corrected chi connectivity index (χ2v) is 4.88. The van der Waals surface area contributed by atoms with Gasteiger partial charge in [0.1, 0.15) is 15.2 Å². The van der Waals surface area contributed by atoms with Crippen molar-refractivity contribution in [3.63, 3.8) is 0 Å². The fourth-order valence-electron chi connectivity index (χ4n) is 0.583. The van der Waals surface area contributed by atoms with Crippen LogP contribution in [0.5, 0.6) is 0 Å². The fourth-order valence-corrected chi connectivity index (χ4v) is 2.33. The number of nitrogens with zero attached hydrogens (tertiary/aromatic N) is 1. The van der Waals surface area contributed by atoms with Crippen LogP contribution < -0.4 is 10.7 Å². The summed E-state index contributed by atoms with van der Waals surface area (Å²) in [7, 11) is -3.59. The largest absolute Gasteiger partial charge is 0.262 e. The molecule has 0 fully saturated rings. The van der Waals surface area contributed by atoms with E-state index in [0.29, 0.717) is 4.88 Å². The first-order chi connectivity index (χ1) is 5.60. The van der Waals surface area contributed by atoms with Crippen LogP contribution in [0, 0.1) is 11.3 Å². The molecular formula is C5H5N3O2S2. The first kappa shape index (κ1) is 9.15. The highest BCUT2D eigenvalue weighted by Gasteiger charge is 2.14. The Balaban J connectivity index is 3.16. The summed E-state index contributed by atoms with van der Waals surface area (Å²) in [5.74, 6) is 4.77. The summed E-state index contributed by atoms with van der Waals surface area (Å²) in [6.07, 6.45) is 0. The predicted octanol–water partition coefficient (Wildman–Crippen LogP) is -0.228. The second kappa shape index (κ2) is 3.20. The zero-order chi connectivity index (χ0) is 9.19. The summed E-state index contributed by atoms with van der Waals surface area (Å²) in [5.41, 5.74) is 0. The van der Waals surface area contributed by atoms with Gasteiger partial charge in [-0.05, 0) is 12.1 Å². The van der Waals surface area contributed by atoms with Gasteiger partial charge in [0.25, 0.3) is 10.0 Å². The highest BCUT2D eigenvalue weighted by Crippen LogP contribution is 2.19. The van der Waals surface area contributed by atoms with Crippen LogP contribution in [0.25, 0.3) is 0 Å². The third kappa shape index (κ3) is 1.62. The third-order valence-electron chi connectivity index (χ3n) is 1.11. The molecule has 0 radical (unpaired) electrons. The maximum atomic E-state index is 11.0. The smallest absolute Gasteiger partial charge is 0.257 e. The normalized spacial score (nSPS) is 11.0. The zero-order valence-corrected chi connectivity index (χ0v) is 7.45. The maximum Gasteiger partial charge on any atom is 0.262 e. The molecule has 1 aromatic heterocycles. The molecule has 0 atom stereocenters. The molecule has 7 heteroatoms. The van der Waals surface area contributed by atoms with Crippen LogP contribution in [0.2, 0.25) is 0 Å². The molecule has 5 nitrogen and oxygen atoms in total. The fraction of sp³-hybridized carbons (Fsp3) is 0. The Morgan fingerprint density at radius 2 is 2.25 bits per heavy atom. The first-order valence-corrected chi connectivity index (χ1v) is 5.12. The molecule has 1 aromatic rings. The van der Waals surface area contributed by atoms with Gasteiger partial charge in [-0.15, -0.1) is 16.2 Å². The number of thiophene rings is 1. The van der Waals surface area contributed by atoms with Gasteiger partial charge in [-0.25, -0.2) is 8.42 Å². The van der Waals surface area contributed by atoms with Crippen molar-refractivity contribution in [1.82, 2.24) is 4.83 Å². The van der Waals surface area contributed by atoms with Crippen molar-refractivity contribution in [3.8, 4) is 6.07 Å². The average Bonchev–Trinajstić information content (AvgIpc) is 2.52. The van der Waals surface area contributed by atoms with Gasteiger partial charge in [0.05, 0.1) is 0 Å². The standard InChI is InChI=1S/C5H5N3O2S2/c6-3-4-1-2-5(11-4)12(9,10)8-7/h1-2,8H,7H2. The first-order valence-electron chi connectivity index (χ1n) is 2.82. The second-order valence-electron chi connectivity index (χ2n) is 1.85. The molecule has 64 valence electrons. The lowest BCUT2D eigenvalue weighted by Gasteiger charge is -1.94. The number of nitrogens with two attached hydrogens (primary N) is 1. The molecular weight excluding hydrogens is 198 g/mol. The van der Waals surface area contributed by atoms with Crippen molar-refractivity contribution in [2.24, 2.45) is 5.84 Å². The highest BCUT2D eigenvalue weighted by atomic mass is 32.2. The van der Waals surface area contributed by atoms with E-state index >= 15 is 0 Å². The molecule has 1 rings (SSSR count). The summed E-state index contributed by atoms with van der Waals surface area (Å²) in [5, 5.41) is 8.40. The monoisotopic (exact) mass is 203 g/mol. The van der Waals surface area contributed by atoms with Crippen LogP contribution >= 0.6 is 11.3 Å². The maximum absolute atomic E-state index is 11.0. The van der Waals surface area contributed by atoms with Crippen molar-refractivity contribution in [2.75, 3.05) is 0 Å². The van der Waals surface area contributed by atoms with Gasteiger partial charge < -0.3 is 0 Å². The van der Waals surface area contributed by atoms with Crippen LogP contribution in [0.3, 0.4) is 0 Å². The number of nitrogens with one attached hydrogen (secondary N) is 1. The Hall–Kier alpha value is -0.940. The minimum absolute atomic E-state index is 0.0431. The number of sulfonamides is 1. The van der Waals surface area contributed by atoms with E-state index in [1.54, 1.807) is 4.83 Å². The summed E-state index contributed by atoms with van der Waals surface area (Å²) < 4.78 is 22.0. The molecule has 0 spiro atoms. The highest BCUT2D eigenvalue weighted by molar-refractivity contribution is 7.91. The van der Waals surface area contributed by atoms with Gasteiger partial charge in [-0.3, -0.25) is 5.84 Å². The van der Waals surface area contributed by atoms with E-state index in [1.165, 1.54) is 12.1 Å². The van der Waals surface area contributed by atoms with Gasteiger partial charge in [0.2, 0.25) is 0 Å². The zero-order valence-electron chi connectivity index (χ0n) is 5.81. The van der Waals surface area contributed by atoms with Crippen LogP contribution in [0.1, 0.15) is 4.88 Å². The van der Waals surface area contributed by atoms with E-state index < -0.39 is 10.0 Å². The third-order valence-corrected chi connectivity index (χ3v) is 3.78. The van der Waals surface area contributed by atoms with Crippen LogP contribution in [0.15, 0.2) is 16.3 Å². The number of hydrogen-bond acceptors (Lipinski definition) is 5. The Bertz CT molecular complexity index is 414. The van der Waals surface area contributed by atoms with E-state index in [-0.39, 0.29) is 4.21 Å². The summed E-state index contributed by atoms with van der Waals surface area (Å²) in [4.78, 5) is 2.01. The summed E-state index contributed by atoms with van der Waals surface area (Å²) in [6, 6.07) is 4.59. The molecule has 0 unspecified atom stereocenters. The van der Waals surface area contributed by atoms with E-state index in [4.69, 9.17) is 11.1 Å². The van der Waals surface area contributed by atoms with Crippen molar-refractivity contribution in [2.45, 2.75) is 4.21 Å². The summed E-state index contributed by atoms with van der Waals surface area (Å²) >= 11 is 0.873. The SMILES string of the molecule is N#Cc1ccc(S(=O)(=O)NN)s1. The lowest BCUT2D eigenvalue weighted by Crippen LogP contribution is -2.29. The minimum atomic E-state index is -3.59. The van der Waals surface area contributed by atoms with Gasteiger partial charge in [0, 0.05) is 0 Å². The van der Waals surface area contributed by atoms with Gasteiger partial charge in [0.15, 0.2) is 0 Å². The molecule has 0 aliphatic heterocycles. The van der Waals surface area contributed by atoms with E-state index in [2.05, 4.69) is 0 Å². The van der Waals surface area contributed by atoms with Crippen molar-refractivity contribution in [3.05, 3.63) is 17.0 Å².